The van der Waals surface area contributed by atoms with Crippen molar-refractivity contribution in [2.45, 2.75) is 39.0 Å². The third-order valence-electron chi connectivity index (χ3n) is 4.44. The normalized spacial score (nSPS) is 14.4. The molecule has 0 unspecified atom stereocenters. The Labute approximate surface area is 150 Å². The predicted molar refractivity (Wildman–Crippen MR) is 101 cm³/mol. The summed E-state index contributed by atoms with van der Waals surface area (Å²) >= 11 is 6.24. The van der Waals surface area contributed by atoms with Crippen LogP contribution in [0.25, 0.3) is 0 Å². The minimum Gasteiger partial charge on any atom is -0.371 e. The molecule has 0 amide bonds. The standard InChI is InChI=1S/C19H23ClN2.ClH/c1-15-14-21-17(10-9-16-7-3-4-8-18(16)20)13-19(15)22-11-5-2-6-12-22;/h3-4,7-8,13-14H,2,5-6,9-12H2,1H3;1H. The largest absolute Gasteiger partial charge is 0.371 e. The van der Waals surface area contributed by atoms with Crippen LogP contribution in [0.2, 0.25) is 5.02 Å². The summed E-state index contributed by atoms with van der Waals surface area (Å²) in [4.78, 5) is 7.12. The zero-order valence-corrected chi connectivity index (χ0v) is 15.2. The number of benzene rings is 1. The number of pyridine rings is 1. The number of anilines is 1. The van der Waals surface area contributed by atoms with E-state index in [1.807, 2.05) is 24.4 Å². The summed E-state index contributed by atoms with van der Waals surface area (Å²) in [7, 11) is 0. The maximum atomic E-state index is 6.24. The van der Waals surface area contributed by atoms with E-state index in [0.29, 0.717) is 0 Å². The number of piperidine rings is 1. The number of rotatable bonds is 4. The number of hydrogen-bond acceptors (Lipinski definition) is 2. The first-order chi connectivity index (χ1) is 10.7. The van der Waals surface area contributed by atoms with Crippen LogP contribution in [0.5, 0.6) is 0 Å². The lowest BCUT2D eigenvalue weighted by atomic mass is 10.1. The summed E-state index contributed by atoms with van der Waals surface area (Å²) in [6.07, 6.45) is 7.86. The number of halogens is 2. The van der Waals surface area contributed by atoms with Crippen molar-refractivity contribution in [1.29, 1.82) is 0 Å². The van der Waals surface area contributed by atoms with Crippen molar-refractivity contribution < 1.29 is 0 Å². The van der Waals surface area contributed by atoms with Gasteiger partial charge in [-0.3, -0.25) is 4.98 Å². The molecule has 1 fully saturated rings. The Kier molecular flexibility index (Phi) is 6.73. The fourth-order valence-corrected chi connectivity index (χ4v) is 3.36. The lowest BCUT2D eigenvalue weighted by Gasteiger charge is -2.30. The molecule has 1 aliphatic heterocycles. The van der Waals surface area contributed by atoms with E-state index in [1.54, 1.807) is 0 Å². The maximum absolute atomic E-state index is 6.24. The number of aromatic nitrogens is 1. The van der Waals surface area contributed by atoms with Crippen LogP contribution in [0.15, 0.2) is 36.5 Å². The van der Waals surface area contributed by atoms with Crippen molar-refractivity contribution in [3.63, 3.8) is 0 Å². The van der Waals surface area contributed by atoms with Crippen molar-refractivity contribution in [3.05, 3.63) is 58.4 Å². The van der Waals surface area contributed by atoms with Crippen LogP contribution in [-0.4, -0.2) is 18.1 Å². The van der Waals surface area contributed by atoms with Gasteiger partial charge in [0.15, 0.2) is 0 Å². The Hall–Kier alpha value is -1.25. The van der Waals surface area contributed by atoms with Crippen LogP contribution in [0.4, 0.5) is 5.69 Å². The zero-order valence-electron chi connectivity index (χ0n) is 13.6. The fourth-order valence-electron chi connectivity index (χ4n) is 3.13. The Balaban J connectivity index is 0.00000192. The first-order valence-corrected chi connectivity index (χ1v) is 8.56. The Morgan fingerprint density at radius 3 is 2.57 bits per heavy atom. The molecule has 0 aliphatic carbocycles. The molecule has 0 bridgehead atoms. The minimum atomic E-state index is 0. The van der Waals surface area contributed by atoms with Crippen molar-refractivity contribution in [2.24, 2.45) is 0 Å². The molecule has 2 nitrogen and oxygen atoms in total. The molecule has 0 radical (unpaired) electrons. The van der Waals surface area contributed by atoms with Gasteiger partial charge in [0.2, 0.25) is 0 Å². The van der Waals surface area contributed by atoms with E-state index in [1.165, 1.54) is 49.2 Å². The molecule has 1 saturated heterocycles. The van der Waals surface area contributed by atoms with Gasteiger partial charge in [-0.15, -0.1) is 12.4 Å². The number of nitrogens with zero attached hydrogens (tertiary/aromatic N) is 2. The van der Waals surface area contributed by atoms with Gasteiger partial charge in [0, 0.05) is 35.7 Å². The highest BCUT2D eigenvalue weighted by molar-refractivity contribution is 6.31. The molecule has 2 heterocycles. The summed E-state index contributed by atoms with van der Waals surface area (Å²) in [5.41, 5.74) is 5.00. The van der Waals surface area contributed by atoms with Crippen LogP contribution in [0, 0.1) is 6.92 Å². The molecule has 0 N–H and O–H groups in total. The van der Waals surface area contributed by atoms with Crippen molar-refractivity contribution >= 4 is 29.7 Å². The molecule has 1 aromatic carbocycles. The highest BCUT2D eigenvalue weighted by atomic mass is 35.5. The van der Waals surface area contributed by atoms with Gasteiger partial charge in [-0.25, -0.2) is 0 Å². The molecule has 0 spiro atoms. The molecule has 2 aromatic rings. The van der Waals surface area contributed by atoms with Crippen LogP contribution in [-0.2, 0) is 12.8 Å². The van der Waals surface area contributed by atoms with Gasteiger partial charge in [-0.2, -0.15) is 0 Å². The molecule has 0 atom stereocenters. The molecule has 4 heteroatoms. The SMILES string of the molecule is Cc1cnc(CCc2ccccc2Cl)cc1N1CCCCC1.Cl. The van der Waals surface area contributed by atoms with E-state index in [4.69, 9.17) is 11.6 Å². The van der Waals surface area contributed by atoms with Gasteiger partial charge in [-0.05, 0) is 62.3 Å². The van der Waals surface area contributed by atoms with Crippen LogP contribution < -0.4 is 4.90 Å². The van der Waals surface area contributed by atoms with E-state index >= 15 is 0 Å². The quantitative estimate of drug-likeness (QED) is 0.749. The molecule has 3 rings (SSSR count). The molecule has 124 valence electrons. The number of aryl methyl sites for hydroxylation is 3. The maximum Gasteiger partial charge on any atom is 0.0438 e. The monoisotopic (exact) mass is 350 g/mol. The van der Waals surface area contributed by atoms with Crippen LogP contribution in [0.1, 0.15) is 36.1 Å². The van der Waals surface area contributed by atoms with Crippen LogP contribution >= 0.6 is 24.0 Å². The Morgan fingerprint density at radius 1 is 1.09 bits per heavy atom. The second-order valence-corrected chi connectivity index (χ2v) is 6.51. The van der Waals surface area contributed by atoms with Gasteiger partial charge in [0.1, 0.15) is 0 Å². The first-order valence-electron chi connectivity index (χ1n) is 8.18. The Bertz CT molecular complexity index is 637. The van der Waals surface area contributed by atoms with E-state index < -0.39 is 0 Å². The summed E-state index contributed by atoms with van der Waals surface area (Å²) in [5, 5.41) is 0.853. The summed E-state index contributed by atoms with van der Waals surface area (Å²) < 4.78 is 0. The topological polar surface area (TPSA) is 16.1 Å². The van der Waals surface area contributed by atoms with Gasteiger partial charge >= 0.3 is 0 Å². The van der Waals surface area contributed by atoms with Gasteiger partial charge < -0.3 is 4.90 Å². The molecule has 1 aliphatic rings. The second-order valence-electron chi connectivity index (χ2n) is 6.10. The van der Waals surface area contributed by atoms with Crippen LogP contribution in [0.3, 0.4) is 0 Å². The first kappa shape index (κ1) is 18.1. The average Bonchev–Trinajstić information content (AvgIpc) is 2.56. The van der Waals surface area contributed by atoms with E-state index in [0.717, 1.165) is 23.6 Å². The highest BCUT2D eigenvalue weighted by Crippen LogP contribution is 2.25. The van der Waals surface area contributed by atoms with Crippen molar-refractivity contribution in [2.75, 3.05) is 18.0 Å². The smallest absolute Gasteiger partial charge is 0.0438 e. The Morgan fingerprint density at radius 2 is 1.83 bits per heavy atom. The number of hydrogen-bond donors (Lipinski definition) is 0. The third kappa shape index (κ3) is 4.62. The van der Waals surface area contributed by atoms with Gasteiger partial charge in [-0.1, -0.05) is 29.8 Å². The summed E-state index contributed by atoms with van der Waals surface area (Å²) in [6, 6.07) is 10.4. The summed E-state index contributed by atoms with van der Waals surface area (Å²) in [5.74, 6) is 0. The van der Waals surface area contributed by atoms with E-state index in [-0.39, 0.29) is 12.4 Å². The van der Waals surface area contributed by atoms with Gasteiger partial charge in [0.25, 0.3) is 0 Å². The minimum absolute atomic E-state index is 0. The lowest BCUT2D eigenvalue weighted by molar-refractivity contribution is 0.576. The van der Waals surface area contributed by atoms with Gasteiger partial charge in [0.05, 0.1) is 0 Å². The molecule has 0 saturated carbocycles. The second kappa shape index (κ2) is 8.56. The molecule has 1 aromatic heterocycles. The third-order valence-corrected chi connectivity index (χ3v) is 4.81. The van der Waals surface area contributed by atoms with Crippen molar-refractivity contribution in [3.8, 4) is 0 Å². The van der Waals surface area contributed by atoms with Crippen molar-refractivity contribution in [1.82, 2.24) is 4.98 Å². The van der Waals surface area contributed by atoms with E-state index in [2.05, 4.69) is 28.9 Å². The lowest BCUT2D eigenvalue weighted by Crippen LogP contribution is -2.30. The summed E-state index contributed by atoms with van der Waals surface area (Å²) in [6.45, 7) is 4.51. The highest BCUT2D eigenvalue weighted by Gasteiger charge is 2.14. The zero-order chi connectivity index (χ0) is 15.4. The average molecular weight is 351 g/mol. The fraction of sp³-hybridized carbons (Fsp3) is 0.421. The van der Waals surface area contributed by atoms with E-state index in [9.17, 15) is 0 Å². The molecular formula is C19H24Cl2N2. The molecule has 23 heavy (non-hydrogen) atoms. The molecular weight excluding hydrogens is 327 g/mol. The predicted octanol–water partition coefficient (Wildman–Crippen LogP) is 5.24.